The molecule has 2 aromatic rings. The van der Waals surface area contributed by atoms with Gasteiger partial charge in [0.25, 0.3) is 5.91 Å². The first-order valence-electron chi connectivity index (χ1n) is 9.26. The van der Waals surface area contributed by atoms with E-state index in [2.05, 4.69) is 12.6 Å². The van der Waals surface area contributed by atoms with Crippen molar-refractivity contribution in [2.75, 3.05) is 13.1 Å². The number of carboxylic acids is 1. The Labute approximate surface area is 160 Å². The Morgan fingerprint density at radius 1 is 1.22 bits per heavy atom. The van der Waals surface area contributed by atoms with Crippen LogP contribution >= 0.6 is 0 Å². The fourth-order valence-electron chi connectivity index (χ4n) is 3.91. The Morgan fingerprint density at radius 3 is 2.70 bits per heavy atom. The van der Waals surface area contributed by atoms with Crippen molar-refractivity contribution in [3.8, 4) is 11.1 Å². The molecule has 2 aromatic carbocycles. The third-order valence-electron chi connectivity index (χ3n) is 5.34. The highest BCUT2D eigenvalue weighted by molar-refractivity contribution is 6.01. The highest BCUT2D eigenvalue weighted by Gasteiger charge is 2.42. The normalized spacial score (nSPS) is 19.5. The van der Waals surface area contributed by atoms with E-state index in [4.69, 9.17) is 0 Å². The largest absolute Gasteiger partial charge is 0.481 e. The van der Waals surface area contributed by atoms with E-state index in [1.165, 1.54) is 0 Å². The summed E-state index contributed by atoms with van der Waals surface area (Å²) in [5.41, 5.74) is 2.67. The second-order valence-corrected chi connectivity index (χ2v) is 7.32. The zero-order valence-electron chi connectivity index (χ0n) is 15.6. The third-order valence-corrected chi connectivity index (χ3v) is 5.34. The van der Waals surface area contributed by atoms with Crippen molar-refractivity contribution in [1.82, 2.24) is 4.90 Å². The van der Waals surface area contributed by atoms with Gasteiger partial charge < -0.3 is 10.0 Å². The van der Waals surface area contributed by atoms with Crippen LogP contribution in [0.3, 0.4) is 0 Å². The molecule has 1 saturated heterocycles. The molecule has 0 aromatic heterocycles. The van der Waals surface area contributed by atoms with Crippen molar-refractivity contribution in [1.29, 1.82) is 0 Å². The maximum absolute atomic E-state index is 13.3. The summed E-state index contributed by atoms with van der Waals surface area (Å²) < 4.78 is 0. The van der Waals surface area contributed by atoms with Crippen molar-refractivity contribution in [3.63, 3.8) is 0 Å². The molecule has 0 unspecified atom stereocenters. The number of benzene rings is 2. The monoisotopic (exact) mass is 363 g/mol. The number of hydrogen-bond donors (Lipinski definition) is 1. The van der Waals surface area contributed by atoms with Crippen molar-refractivity contribution >= 4 is 11.9 Å². The van der Waals surface area contributed by atoms with Gasteiger partial charge in [0.1, 0.15) is 0 Å². The number of rotatable bonds is 5. The van der Waals surface area contributed by atoms with Gasteiger partial charge in [-0.1, -0.05) is 54.1 Å². The van der Waals surface area contributed by atoms with Crippen LogP contribution in [0.25, 0.3) is 11.1 Å². The Balaban J connectivity index is 1.95. The molecule has 1 heterocycles. The molecule has 4 nitrogen and oxygen atoms in total. The molecular weight excluding hydrogens is 338 g/mol. The average Bonchev–Trinajstić information content (AvgIpc) is 2.68. The zero-order chi connectivity index (χ0) is 19.4. The molecule has 0 spiro atoms. The van der Waals surface area contributed by atoms with Gasteiger partial charge in [0.2, 0.25) is 0 Å². The second-order valence-electron chi connectivity index (χ2n) is 7.32. The summed E-state index contributed by atoms with van der Waals surface area (Å²) in [5.74, 6) is -0.964. The van der Waals surface area contributed by atoms with Gasteiger partial charge in [-0.15, -0.1) is 6.58 Å². The van der Waals surface area contributed by atoms with E-state index in [0.29, 0.717) is 31.4 Å². The number of piperidine rings is 1. The molecule has 0 saturated carbocycles. The van der Waals surface area contributed by atoms with Gasteiger partial charge in [-0.05, 0) is 43.4 Å². The van der Waals surface area contributed by atoms with Gasteiger partial charge in [-0.2, -0.15) is 0 Å². The summed E-state index contributed by atoms with van der Waals surface area (Å²) in [6.07, 6.45) is 3.25. The summed E-state index contributed by atoms with van der Waals surface area (Å²) in [4.78, 5) is 26.9. The molecule has 1 amide bonds. The maximum atomic E-state index is 13.3. The molecule has 1 aliphatic rings. The first kappa shape index (κ1) is 18.9. The number of aliphatic carboxylic acids is 1. The number of amides is 1. The molecule has 4 heteroatoms. The Hall–Kier alpha value is -2.88. The van der Waals surface area contributed by atoms with E-state index in [1.54, 1.807) is 11.0 Å². The predicted octanol–water partition coefficient (Wildman–Crippen LogP) is 4.55. The molecule has 1 aliphatic heterocycles. The molecule has 0 radical (unpaired) electrons. The summed E-state index contributed by atoms with van der Waals surface area (Å²) >= 11 is 0. The van der Waals surface area contributed by atoms with E-state index >= 15 is 0 Å². The smallest absolute Gasteiger partial charge is 0.311 e. The number of allylic oxidation sites excluding steroid dienone is 1. The second kappa shape index (κ2) is 7.78. The van der Waals surface area contributed by atoms with Gasteiger partial charge in [-0.25, -0.2) is 0 Å². The lowest BCUT2D eigenvalue weighted by molar-refractivity contribution is -0.151. The SMILES string of the molecule is C=CC[C@@]1(C(=O)O)CCCN(C(=O)c2ccccc2-c2cccc(C)c2)C1. The molecule has 0 bridgehead atoms. The van der Waals surface area contributed by atoms with Crippen LogP contribution in [0.2, 0.25) is 0 Å². The van der Waals surface area contributed by atoms with Crippen LogP contribution in [0, 0.1) is 12.3 Å². The van der Waals surface area contributed by atoms with Gasteiger partial charge >= 0.3 is 5.97 Å². The van der Waals surface area contributed by atoms with Crippen LogP contribution in [0.5, 0.6) is 0 Å². The fraction of sp³-hybridized carbons (Fsp3) is 0.304. The van der Waals surface area contributed by atoms with Crippen LogP contribution in [-0.2, 0) is 4.79 Å². The highest BCUT2D eigenvalue weighted by Crippen LogP contribution is 2.35. The number of carbonyl (C=O) groups excluding carboxylic acids is 1. The average molecular weight is 363 g/mol. The minimum Gasteiger partial charge on any atom is -0.481 e. The fourth-order valence-corrected chi connectivity index (χ4v) is 3.91. The minimum atomic E-state index is -0.937. The summed E-state index contributed by atoms with van der Waals surface area (Å²) in [6.45, 7) is 6.52. The lowest BCUT2D eigenvalue weighted by Gasteiger charge is -2.39. The summed E-state index contributed by atoms with van der Waals surface area (Å²) in [6, 6.07) is 15.6. The van der Waals surface area contributed by atoms with Crippen LogP contribution in [0.4, 0.5) is 0 Å². The van der Waals surface area contributed by atoms with Gasteiger partial charge in [-0.3, -0.25) is 9.59 Å². The van der Waals surface area contributed by atoms with E-state index in [-0.39, 0.29) is 12.5 Å². The zero-order valence-corrected chi connectivity index (χ0v) is 15.6. The molecule has 140 valence electrons. The molecule has 1 N–H and O–H groups in total. The lowest BCUT2D eigenvalue weighted by Crippen LogP contribution is -2.49. The number of carbonyl (C=O) groups is 2. The molecule has 27 heavy (non-hydrogen) atoms. The first-order chi connectivity index (χ1) is 13.0. The topological polar surface area (TPSA) is 57.6 Å². The molecule has 3 rings (SSSR count). The lowest BCUT2D eigenvalue weighted by atomic mass is 9.77. The predicted molar refractivity (Wildman–Crippen MR) is 107 cm³/mol. The highest BCUT2D eigenvalue weighted by atomic mass is 16.4. The van der Waals surface area contributed by atoms with Crippen molar-refractivity contribution in [3.05, 3.63) is 72.3 Å². The third kappa shape index (κ3) is 3.80. The van der Waals surface area contributed by atoms with E-state index in [1.807, 2.05) is 49.4 Å². The number of nitrogens with zero attached hydrogens (tertiary/aromatic N) is 1. The Morgan fingerprint density at radius 2 is 2.00 bits per heavy atom. The number of carboxylic acid groups (broad SMARTS) is 1. The van der Waals surface area contributed by atoms with E-state index in [0.717, 1.165) is 16.7 Å². The van der Waals surface area contributed by atoms with Crippen LogP contribution in [0.1, 0.15) is 35.2 Å². The molecule has 1 atom stereocenters. The Kier molecular flexibility index (Phi) is 5.45. The van der Waals surface area contributed by atoms with Gasteiger partial charge in [0.15, 0.2) is 0 Å². The Bertz CT molecular complexity index is 873. The van der Waals surface area contributed by atoms with Crippen LogP contribution in [-0.4, -0.2) is 35.0 Å². The van der Waals surface area contributed by atoms with Crippen molar-refractivity contribution in [2.24, 2.45) is 5.41 Å². The quantitative estimate of drug-likeness (QED) is 0.793. The van der Waals surface area contributed by atoms with Crippen LogP contribution < -0.4 is 0 Å². The van der Waals surface area contributed by atoms with E-state index < -0.39 is 11.4 Å². The van der Waals surface area contributed by atoms with Crippen molar-refractivity contribution < 1.29 is 14.7 Å². The van der Waals surface area contributed by atoms with E-state index in [9.17, 15) is 14.7 Å². The maximum Gasteiger partial charge on any atom is 0.311 e. The van der Waals surface area contributed by atoms with Gasteiger partial charge in [0, 0.05) is 18.7 Å². The van der Waals surface area contributed by atoms with Gasteiger partial charge in [0.05, 0.1) is 5.41 Å². The van der Waals surface area contributed by atoms with Crippen LogP contribution in [0.15, 0.2) is 61.2 Å². The standard InChI is InChI=1S/C23H25NO3/c1-3-12-23(22(26)27)13-7-14-24(16-23)21(25)20-11-5-4-10-19(20)18-9-6-8-17(2)15-18/h3-6,8-11,15H,1,7,12-14,16H2,2H3,(H,26,27)/t23-/m1/s1. The number of likely N-dealkylation sites (tertiary alicyclic amines) is 1. The number of hydrogen-bond acceptors (Lipinski definition) is 2. The molecule has 1 fully saturated rings. The number of aryl methyl sites for hydroxylation is 1. The summed E-state index contributed by atoms with van der Waals surface area (Å²) in [7, 11) is 0. The summed E-state index contributed by atoms with van der Waals surface area (Å²) in [5, 5.41) is 9.77. The minimum absolute atomic E-state index is 0.110. The molecule has 0 aliphatic carbocycles. The molecular formula is C23H25NO3. The van der Waals surface area contributed by atoms with Crippen molar-refractivity contribution in [2.45, 2.75) is 26.2 Å². The first-order valence-corrected chi connectivity index (χ1v) is 9.26.